The Bertz CT molecular complexity index is 439. The summed E-state index contributed by atoms with van der Waals surface area (Å²) >= 11 is 3.64. The molecule has 0 amide bonds. The fourth-order valence-corrected chi connectivity index (χ4v) is 3.79. The van der Waals surface area contributed by atoms with Crippen LogP contribution in [0.25, 0.3) is 0 Å². The van der Waals surface area contributed by atoms with Crippen LogP contribution in [0.1, 0.15) is 58.1 Å². The van der Waals surface area contributed by atoms with Gasteiger partial charge in [0.05, 0.1) is 0 Å². The highest BCUT2D eigenvalue weighted by molar-refractivity contribution is 9.10. The van der Waals surface area contributed by atoms with Crippen molar-refractivity contribution in [3.63, 3.8) is 0 Å². The summed E-state index contributed by atoms with van der Waals surface area (Å²) in [5.41, 5.74) is 2.83. The molecule has 1 unspecified atom stereocenters. The van der Waals surface area contributed by atoms with E-state index in [1.807, 2.05) is 0 Å². The minimum atomic E-state index is 0.409. The van der Waals surface area contributed by atoms with Crippen LogP contribution in [0.3, 0.4) is 0 Å². The summed E-state index contributed by atoms with van der Waals surface area (Å²) in [6.45, 7) is 10.2. The smallest absolute Gasteiger partial charge is 0.0425 e. The van der Waals surface area contributed by atoms with Crippen molar-refractivity contribution < 1.29 is 0 Å². The first-order valence-corrected chi connectivity index (χ1v) is 9.22. The Kier molecular flexibility index (Phi) is 6.56. The number of benzene rings is 1. The van der Waals surface area contributed by atoms with Gasteiger partial charge in [-0.3, -0.25) is 0 Å². The molecular formula is C18H29BrN2. The highest BCUT2D eigenvalue weighted by Crippen LogP contribution is 2.33. The first-order valence-electron chi connectivity index (χ1n) is 8.43. The number of piperidine rings is 1. The lowest BCUT2D eigenvalue weighted by Gasteiger charge is -2.35. The quantitative estimate of drug-likeness (QED) is 0.762. The number of anilines is 1. The molecule has 0 aliphatic carbocycles. The van der Waals surface area contributed by atoms with Crippen molar-refractivity contribution in [2.45, 2.75) is 52.5 Å². The lowest BCUT2D eigenvalue weighted by molar-refractivity contribution is 0.377. The van der Waals surface area contributed by atoms with Crippen LogP contribution in [0.4, 0.5) is 5.69 Å². The lowest BCUT2D eigenvalue weighted by Crippen LogP contribution is -2.35. The standard InChI is InChI=1S/C18H29BrN2/c1-4-6-15-9-11-21(12-10-15)18-13-16(19)7-8-17(18)14(3)20-5-2/h7-8,13-15,20H,4-6,9-12H2,1-3H3. The summed E-state index contributed by atoms with van der Waals surface area (Å²) < 4.78 is 1.18. The Morgan fingerprint density at radius 3 is 2.62 bits per heavy atom. The molecule has 0 bridgehead atoms. The van der Waals surface area contributed by atoms with E-state index in [1.165, 1.54) is 54.5 Å². The van der Waals surface area contributed by atoms with Crippen LogP contribution in [-0.4, -0.2) is 19.6 Å². The molecule has 1 aliphatic heterocycles. The van der Waals surface area contributed by atoms with E-state index < -0.39 is 0 Å². The van der Waals surface area contributed by atoms with Gasteiger partial charge < -0.3 is 10.2 Å². The maximum atomic E-state index is 3.64. The summed E-state index contributed by atoms with van der Waals surface area (Å²) in [5.74, 6) is 0.938. The van der Waals surface area contributed by atoms with E-state index in [0.29, 0.717) is 6.04 Å². The summed E-state index contributed by atoms with van der Waals surface area (Å²) in [6.07, 6.45) is 5.40. The van der Waals surface area contributed by atoms with Gasteiger partial charge in [-0.1, -0.05) is 48.7 Å². The van der Waals surface area contributed by atoms with Crippen LogP contribution in [0.15, 0.2) is 22.7 Å². The van der Waals surface area contributed by atoms with Crippen molar-refractivity contribution in [2.24, 2.45) is 5.92 Å². The largest absolute Gasteiger partial charge is 0.371 e. The van der Waals surface area contributed by atoms with Crippen molar-refractivity contribution in [1.29, 1.82) is 0 Å². The SMILES string of the molecule is CCCC1CCN(c2cc(Br)ccc2C(C)NCC)CC1. The number of nitrogens with zero attached hydrogens (tertiary/aromatic N) is 1. The van der Waals surface area contributed by atoms with Crippen molar-refractivity contribution in [3.05, 3.63) is 28.2 Å². The second-order valence-electron chi connectivity index (χ2n) is 6.20. The van der Waals surface area contributed by atoms with Crippen LogP contribution < -0.4 is 10.2 Å². The molecule has 1 fully saturated rings. The van der Waals surface area contributed by atoms with E-state index in [0.717, 1.165) is 12.5 Å². The molecule has 0 saturated carbocycles. The molecule has 118 valence electrons. The number of hydrogen-bond donors (Lipinski definition) is 1. The Labute approximate surface area is 138 Å². The van der Waals surface area contributed by atoms with Gasteiger partial charge in [-0.2, -0.15) is 0 Å². The lowest BCUT2D eigenvalue weighted by atomic mass is 9.91. The van der Waals surface area contributed by atoms with Gasteiger partial charge in [-0.25, -0.2) is 0 Å². The first kappa shape index (κ1) is 16.8. The second kappa shape index (κ2) is 8.19. The molecule has 1 aromatic carbocycles. The molecule has 1 atom stereocenters. The topological polar surface area (TPSA) is 15.3 Å². The molecule has 0 radical (unpaired) electrons. The van der Waals surface area contributed by atoms with E-state index in [9.17, 15) is 0 Å². The predicted molar refractivity (Wildman–Crippen MR) is 96.1 cm³/mol. The Hall–Kier alpha value is -0.540. The summed E-state index contributed by atoms with van der Waals surface area (Å²) in [4.78, 5) is 2.58. The zero-order valence-electron chi connectivity index (χ0n) is 13.7. The van der Waals surface area contributed by atoms with Gasteiger partial charge in [0.2, 0.25) is 0 Å². The van der Waals surface area contributed by atoms with Crippen LogP contribution in [0, 0.1) is 5.92 Å². The molecule has 1 saturated heterocycles. The first-order chi connectivity index (χ1) is 10.2. The molecule has 1 aliphatic rings. The highest BCUT2D eigenvalue weighted by atomic mass is 79.9. The van der Waals surface area contributed by atoms with Gasteiger partial charge >= 0.3 is 0 Å². The fourth-order valence-electron chi connectivity index (χ4n) is 3.44. The fraction of sp³-hybridized carbons (Fsp3) is 0.667. The number of halogens is 1. The molecule has 1 heterocycles. The van der Waals surface area contributed by atoms with Crippen molar-refractivity contribution in [3.8, 4) is 0 Å². The molecule has 2 rings (SSSR count). The van der Waals surface area contributed by atoms with Gasteiger partial charge in [-0.05, 0) is 49.9 Å². The summed E-state index contributed by atoms with van der Waals surface area (Å²) in [5, 5.41) is 3.55. The minimum absolute atomic E-state index is 0.409. The van der Waals surface area contributed by atoms with Crippen molar-refractivity contribution in [1.82, 2.24) is 5.32 Å². The van der Waals surface area contributed by atoms with Crippen molar-refractivity contribution >= 4 is 21.6 Å². The predicted octanol–water partition coefficient (Wildman–Crippen LogP) is 5.14. The molecule has 0 spiro atoms. The number of hydrogen-bond acceptors (Lipinski definition) is 2. The average Bonchev–Trinajstić information content (AvgIpc) is 2.48. The highest BCUT2D eigenvalue weighted by Gasteiger charge is 2.22. The van der Waals surface area contributed by atoms with E-state index in [4.69, 9.17) is 0 Å². The zero-order chi connectivity index (χ0) is 15.2. The Balaban J connectivity index is 2.13. The van der Waals surface area contributed by atoms with Gasteiger partial charge in [-0.15, -0.1) is 0 Å². The molecule has 21 heavy (non-hydrogen) atoms. The minimum Gasteiger partial charge on any atom is -0.371 e. The maximum Gasteiger partial charge on any atom is 0.0425 e. The van der Waals surface area contributed by atoms with Crippen LogP contribution >= 0.6 is 15.9 Å². The number of rotatable bonds is 6. The second-order valence-corrected chi connectivity index (χ2v) is 7.12. The van der Waals surface area contributed by atoms with Gasteiger partial charge in [0.15, 0.2) is 0 Å². The summed E-state index contributed by atoms with van der Waals surface area (Å²) in [6, 6.07) is 7.14. The average molecular weight is 353 g/mol. The van der Waals surface area contributed by atoms with Crippen LogP contribution in [0.2, 0.25) is 0 Å². The van der Waals surface area contributed by atoms with Gasteiger partial charge in [0.1, 0.15) is 0 Å². The van der Waals surface area contributed by atoms with Crippen LogP contribution in [0.5, 0.6) is 0 Å². The van der Waals surface area contributed by atoms with Gasteiger partial charge in [0, 0.05) is 29.3 Å². The third kappa shape index (κ3) is 4.46. The van der Waals surface area contributed by atoms with Crippen LogP contribution in [-0.2, 0) is 0 Å². The molecule has 1 aromatic rings. The monoisotopic (exact) mass is 352 g/mol. The van der Waals surface area contributed by atoms with E-state index in [1.54, 1.807) is 0 Å². The third-order valence-corrected chi connectivity index (χ3v) is 5.11. The molecular weight excluding hydrogens is 324 g/mol. The normalized spacial score (nSPS) is 18.0. The maximum absolute atomic E-state index is 3.64. The van der Waals surface area contributed by atoms with E-state index in [2.05, 4.69) is 65.1 Å². The van der Waals surface area contributed by atoms with E-state index >= 15 is 0 Å². The molecule has 0 aromatic heterocycles. The molecule has 3 heteroatoms. The Morgan fingerprint density at radius 1 is 1.29 bits per heavy atom. The third-order valence-electron chi connectivity index (χ3n) is 4.62. The molecule has 1 N–H and O–H groups in total. The zero-order valence-corrected chi connectivity index (χ0v) is 15.2. The molecule has 2 nitrogen and oxygen atoms in total. The number of nitrogens with one attached hydrogen (secondary N) is 1. The summed E-state index contributed by atoms with van der Waals surface area (Å²) in [7, 11) is 0. The van der Waals surface area contributed by atoms with Crippen molar-refractivity contribution in [2.75, 3.05) is 24.5 Å². The van der Waals surface area contributed by atoms with Gasteiger partial charge in [0.25, 0.3) is 0 Å². The Morgan fingerprint density at radius 2 is 2.00 bits per heavy atom. The van der Waals surface area contributed by atoms with E-state index in [-0.39, 0.29) is 0 Å².